The van der Waals surface area contributed by atoms with E-state index in [1.54, 1.807) is 57.0 Å². The SMILES string of the molecule is COc1cccc(NC(=O)c2csc(Nc3ccc(OC)c(OC)c3)n2)c1. The van der Waals surface area contributed by atoms with Crippen LogP contribution in [0.1, 0.15) is 10.5 Å². The van der Waals surface area contributed by atoms with Crippen LogP contribution in [-0.2, 0) is 0 Å². The number of anilines is 3. The monoisotopic (exact) mass is 385 g/mol. The first-order chi connectivity index (χ1) is 13.1. The summed E-state index contributed by atoms with van der Waals surface area (Å²) in [4.78, 5) is 16.7. The fourth-order valence-corrected chi connectivity index (χ4v) is 3.08. The van der Waals surface area contributed by atoms with Crippen molar-refractivity contribution in [3.05, 3.63) is 53.5 Å². The Balaban J connectivity index is 1.70. The molecule has 0 radical (unpaired) electrons. The molecule has 0 fully saturated rings. The van der Waals surface area contributed by atoms with Crippen LogP contribution in [0, 0.1) is 0 Å². The number of nitrogens with one attached hydrogen (secondary N) is 2. The van der Waals surface area contributed by atoms with Crippen molar-refractivity contribution >= 4 is 33.8 Å². The Bertz CT molecular complexity index is 942. The Labute approximate surface area is 160 Å². The van der Waals surface area contributed by atoms with Gasteiger partial charge in [-0.1, -0.05) is 6.07 Å². The molecule has 8 heteroatoms. The van der Waals surface area contributed by atoms with Crippen molar-refractivity contribution in [2.24, 2.45) is 0 Å². The number of ether oxygens (including phenoxy) is 3. The number of benzene rings is 2. The third-order valence-corrected chi connectivity index (χ3v) is 4.46. The molecule has 1 aromatic heterocycles. The maximum Gasteiger partial charge on any atom is 0.275 e. The third kappa shape index (κ3) is 4.48. The molecule has 2 aromatic carbocycles. The van der Waals surface area contributed by atoms with Crippen LogP contribution in [0.25, 0.3) is 0 Å². The van der Waals surface area contributed by atoms with E-state index in [0.717, 1.165) is 5.69 Å². The molecule has 2 N–H and O–H groups in total. The summed E-state index contributed by atoms with van der Waals surface area (Å²) < 4.78 is 15.7. The maximum absolute atomic E-state index is 12.4. The maximum atomic E-state index is 12.4. The number of carbonyl (C=O) groups is 1. The molecule has 27 heavy (non-hydrogen) atoms. The zero-order valence-electron chi connectivity index (χ0n) is 15.1. The Morgan fingerprint density at radius 1 is 0.963 bits per heavy atom. The van der Waals surface area contributed by atoms with Crippen molar-refractivity contribution in [1.82, 2.24) is 4.98 Å². The Hall–Kier alpha value is -3.26. The number of rotatable bonds is 7. The van der Waals surface area contributed by atoms with Crippen molar-refractivity contribution in [1.29, 1.82) is 0 Å². The standard InChI is InChI=1S/C19H19N3O4S/c1-24-14-6-4-5-12(9-14)20-18(23)15-11-27-19(22-15)21-13-7-8-16(25-2)17(10-13)26-3/h4-11H,1-3H3,(H,20,23)(H,21,22). The molecule has 3 rings (SSSR count). The van der Waals surface area contributed by atoms with Gasteiger partial charge in [0.15, 0.2) is 16.6 Å². The summed E-state index contributed by atoms with van der Waals surface area (Å²) in [5, 5.41) is 8.25. The average Bonchev–Trinajstić information content (AvgIpc) is 3.16. The average molecular weight is 385 g/mol. The summed E-state index contributed by atoms with van der Waals surface area (Å²) in [5.41, 5.74) is 1.74. The molecular weight excluding hydrogens is 366 g/mol. The van der Waals surface area contributed by atoms with Crippen LogP contribution in [0.3, 0.4) is 0 Å². The third-order valence-electron chi connectivity index (χ3n) is 3.70. The second-order valence-corrected chi connectivity index (χ2v) is 6.28. The second kappa shape index (κ2) is 8.41. The molecule has 140 valence electrons. The van der Waals surface area contributed by atoms with Crippen molar-refractivity contribution in [3.63, 3.8) is 0 Å². The van der Waals surface area contributed by atoms with Crippen molar-refractivity contribution in [3.8, 4) is 17.2 Å². The fourth-order valence-electron chi connectivity index (χ4n) is 2.37. The molecule has 0 spiro atoms. The number of thiazole rings is 1. The van der Waals surface area contributed by atoms with E-state index in [2.05, 4.69) is 15.6 Å². The molecule has 0 bridgehead atoms. The number of hydrogen-bond acceptors (Lipinski definition) is 7. The van der Waals surface area contributed by atoms with E-state index >= 15 is 0 Å². The first-order valence-corrected chi connectivity index (χ1v) is 8.91. The van der Waals surface area contributed by atoms with E-state index in [0.29, 0.717) is 33.8 Å². The number of carbonyl (C=O) groups excluding carboxylic acids is 1. The van der Waals surface area contributed by atoms with Crippen molar-refractivity contribution in [2.75, 3.05) is 32.0 Å². The van der Waals surface area contributed by atoms with Crippen LogP contribution in [0.15, 0.2) is 47.8 Å². The van der Waals surface area contributed by atoms with E-state index < -0.39 is 0 Å². The van der Waals surface area contributed by atoms with Gasteiger partial charge in [0, 0.05) is 28.9 Å². The van der Waals surface area contributed by atoms with Gasteiger partial charge < -0.3 is 24.8 Å². The fraction of sp³-hybridized carbons (Fsp3) is 0.158. The predicted molar refractivity (Wildman–Crippen MR) is 106 cm³/mol. The van der Waals surface area contributed by atoms with Gasteiger partial charge in [-0.2, -0.15) is 0 Å². The summed E-state index contributed by atoms with van der Waals surface area (Å²) in [5.74, 6) is 1.62. The van der Waals surface area contributed by atoms with Crippen molar-refractivity contribution < 1.29 is 19.0 Å². The van der Waals surface area contributed by atoms with Gasteiger partial charge in [-0.3, -0.25) is 4.79 Å². The van der Waals surface area contributed by atoms with Gasteiger partial charge in [-0.05, 0) is 24.3 Å². The summed E-state index contributed by atoms with van der Waals surface area (Å²) >= 11 is 1.33. The topological polar surface area (TPSA) is 81.7 Å². The molecule has 7 nitrogen and oxygen atoms in total. The van der Waals surface area contributed by atoms with Gasteiger partial charge >= 0.3 is 0 Å². The van der Waals surface area contributed by atoms with Crippen LogP contribution in [0.4, 0.5) is 16.5 Å². The lowest BCUT2D eigenvalue weighted by Crippen LogP contribution is -2.12. The van der Waals surface area contributed by atoms with Crippen LogP contribution in [-0.4, -0.2) is 32.2 Å². The van der Waals surface area contributed by atoms with Crippen LogP contribution >= 0.6 is 11.3 Å². The molecule has 0 saturated heterocycles. The molecule has 0 atom stereocenters. The lowest BCUT2D eigenvalue weighted by molar-refractivity contribution is 0.102. The zero-order chi connectivity index (χ0) is 19.2. The summed E-state index contributed by atoms with van der Waals surface area (Å²) in [6, 6.07) is 12.6. The Morgan fingerprint density at radius 2 is 1.78 bits per heavy atom. The predicted octanol–water partition coefficient (Wildman–Crippen LogP) is 4.16. The summed E-state index contributed by atoms with van der Waals surface area (Å²) in [7, 11) is 4.73. The molecule has 0 saturated carbocycles. The van der Waals surface area contributed by atoms with Gasteiger partial charge in [-0.15, -0.1) is 11.3 Å². The van der Waals surface area contributed by atoms with Gasteiger partial charge in [-0.25, -0.2) is 4.98 Å². The molecule has 1 heterocycles. The number of aromatic nitrogens is 1. The van der Waals surface area contributed by atoms with Crippen LogP contribution in [0.2, 0.25) is 0 Å². The number of nitrogens with zero attached hydrogens (tertiary/aromatic N) is 1. The largest absolute Gasteiger partial charge is 0.497 e. The molecular formula is C19H19N3O4S. The highest BCUT2D eigenvalue weighted by atomic mass is 32.1. The van der Waals surface area contributed by atoms with Crippen LogP contribution < -0.4 is 24.8 Å². The lowest BCUT2D eigenvalue weighted by atomic mass is 10.3. The molecule has 0 aliphatic carbocycles. The van der Waals surface area contributed by atoms with E-state index in [9.17, 15) is 4.79 Å². The lowest BCUT2D eigenvalue weighted by Gasteiger charge is -2.09. The highest BCUT2D eigenvalue weighted by Gasteiger charge is 2.12. The second-order valence-electron chi connectivity index (χ2n) is 5.42. The molecule has 0 unspecified atom stereocenters. The highest BCUT2D eigenvalue weighted by Crippen LogP contribution is 2.31. The first kappa shape index (κ1) is 18.5. The van der Waals surface area contributed by atoms with E-state index in [1.165, 1.54) is 11.3 Å². The van der Waals surface area contributed by atoms with E-state index in [-0.39, 0.29) is 5.91 Å². The minimum Gasteiger partial charge on any atom is -0.497 e. The molecule has 0 aliphatic rings. The normalized spacial score (nSPS) is 10.2. The highest BCUT2D eigenvalue weighted by molar-refractivity contribution is 7.14. The van der Waals surface area contributed by atoms with Crippen molar-refractivity contribution in [2.45, 2.75) is 0 Å². The number of hydrogen-bond donors (Lipinski definition) is 2. The Kier molecular flexibility index (Phi) is 5.77. The smallest absolute Gasteiger partial charge is 0.275 e. The minimum atomic E-state index is -0.292. The van der Waals surface area contributed by atoms with E-state index in [1.807, 2.05) is 12.1 Å². The first-order valence-electron chi connectivity index (χ1n) is 8.03. The van der Waals surface area contributed by atoms with Gasteiger partial charge in [0.1, 0.15) is 11.4 Å². The summed E-state index contributed by atoms with van der Waals surface area (Å²) in [6.07, 6.45) is 0. The van der Waals surface area contributed by atoms with Gasteiger partial charge in [0.25, 0.3) is 5.91 Å². The number of methoxy groups -OCH3 is 3. The zero-order valence-corrected chi connectivity index (χ0v) is 15.9. The molecule has 0 aliphatic heterocycles. The molecule has 3 aromatic rings. The van der Waals surface area contributed by atoms with E-state index in [4.69, 9.17) is 14.2 Å². The summed E-state index contributed by atoms with van der Waals surface area (Å²) in [6.45, 7) is 0. The van der Waals surface area contributed by atoms with Gasteiger partial charge in [0.2, 0.25) is 0 Å². The van der Waals surface area contributed by atoms with Gasteiger partial charge in [0.05, 0.1) is 21.3 Å². The Morgan fingerprint density at radius 3 is 2.52 bits per heavy atom. The number of amides is 1. The minimum absolute atomic E-state index is 0.292. The van der Waals surface area contributed by atoms with Crippen LogP contribution in [0.5, 0.6) is 17.2 Å². The quantitative estimate of drug-likeness (QED) is 0.635. The molecule has 1 amide bonds.